The lowest BCUT2D eigenvalue weighted by Crippen LogP contribution is -2.34. The fourth-order valence-corrected chi connectivity index (χ4v) is 4.69. The Kier molecular flexibility index (Phi) is 7.62. The monoisotopic (exact) mass is 539 g/mol. The van der Waals surface area contributed by atoms with Crippen LogP contribution in [0.2, 0.25) is 10.0 Å². The number of halogens is 2. The Balaban J connectivity index is 1.26. The molecule has 10 heteroatoms. The van der Waals surface area contributed by atoms with E-state index >= 15 is 0 Å². The van der Waals surface area contributed by atoms with Gasteiger partial charge in [-0.25, -0.2) is 15.0 Å². The van der Waals surface area contributed by atoms with E-state index in [1.165, 1.54) is 0 Å². The van der Waals surface area contributed by atoms with Gasteiger partial charge in [0.15, 0.2) is 0 Å². The summed E-state index contributed by atoms with van der Waals surface area (Å²) in [5.74, 6) is 0.236. The molecule has 5 rings (SSSR count). The number of ether oxygens (including phenoxy) is 3. The van der Waals surface area contributed by atoms with Gasteiger partial charge in [0.2, 0.25) is 11.7 Å². The molecule has 3 heterocycles. The van der Waals surface area contributed by atoms with Crippen LogP contribution in [0.3, 0.4) is 0 Å². The first-order valence-electron chi connectivity index (χ1n) is 12.0. The molecule has 1 N–H and O–H groups in total. The molecule has 8 nitrogen and oxygen atoms in total. The van der Waals surface area contributed by atoms with Crippen LogP contribution in [-0.4, -0.2) is 44.9 Å². The van der Waals surface area contributed by atoms with Crippen molar-refractivity contribution in [3.63, 3.8) is 0 Å². The number of anilines is 1. The second-order valence-corrected chi connectivity index (χ2v) is 9.91. The van der Waals surface area contributed by atoms with Crippen molar-refractivity contribution < 1.29 is 14.2 Å². The van der Waals surface area contributed by atoms with Crippen molar-refractivity contribution in [1.29, 1.82) is 0 Å². The molecule has 192 valence electrons. The lowest BCUT2D eigenvalue weighted by molar-refractivity contribution is -0.189. The van der Waals surface area contributed by atoms with Gasteiger partial charge in [0.25, 0.3) is 0 Å². The number of aromatic nitrogens is 4. The van der Waals surface area contributed by atoms with E-state index in [-0.39, 0.29) is 12.1 Å². The third kappa shape index (κ3) is 6.05. The summed E-state index contributed by atoms with van der Waals surface area (Å²) in [4.78, 5) is 13.0. The van der Waals surface area contributed by atoms with Gasteiger partial charge < -0.3 is 24.1 Å². The Hall–Kier alpha value is -3.17. The van der Waals surface area contributed by atoms with E-state index in [9.17, 15) is 0 Å². The molecule has 0 radical (unpaired) electrons. The molecule has 2 aromatic heterocycles. The Morgan fingerprint density at radius 1 is 1.14 bits per heavy atom. The minimum Gasteiger partial charge on any atom is -0.491 e. The Bertz CT molecular complexity index is 1330. The van der Waals surface area contributed by atoms with Crippen molar-refractivity contribution in [2.24, 2.45) is 0 Å². The van der Waals surface area contributed by atoms with Crippen molar-refractivity contribution >= 4 is 29.2 Å². The molecule has 0 saturated carbocycles. The number of hydrogen-bond acceptors (Lipinski definition) is 7. The van der Waals surface area contributed by atoms with Crippen molar-refractivity contribution in [1.82, 2.24) is 19.5 Å². The van der Waals surface area contributed by atoms with E-state index in [1.807, 2.05) is 61.0 Å². The summed E-state index contributed by atoms with van der Waals surface area (Å²) >= 11 is 12.7. The molecule has 4 aromatic rings. The van der Waals surface area contributed by atoms with Crippen LogP contribution in [0.25, 0.3) is 11.3 Å². The maximum absolute atomic E-state index is 6.55. The van der Waals surface area contributed by atoms with E-state index < -0.39 is 5.79 Å². The van der Waals surface area contributed by atoms with Gasteiger partial charge in [0.1, 0.15) is 18.5 Å². The first kappa shape index (κ1) is 25.5. The summed E-state index contributed by atoms with van der Waals surface area (Å²) in [7, 11) is 0. The zero-order valence-corrected chi connectivity index (χ0v) is 22.0. The first-order valence-corrected chi connectivity index (χ1v) is 12.7. The SMILES string of the molecule is CC(C)Nc1nccc(-c2ccc(OCC3COC(Cn4ccnc4)(c4ccc(Cl)cc4Cl)O3)cc2)n1. The van der Waals surface area contributed by atoms with Crippen LogP contribution in [0, 0.1) is 0 Å². The molecule has 0 amide bonds. The van der Waals surface area contributed by atoms with Crippen LogP contribution < -0.4 is 10.1 Å². The maximum atomic E-state index is 6.55. The van der Waals surface area contributed by atoms with Crippen LogP contribution in [-0.2, 0) is 21.8 Å². The van der Waals surface area contributed by atoms with E-state index in [4.69, 9.17) is 37.4 Å². The zero-order valence-electron chi connectivity index (χ0n) is 20.5. The van der Waals surface area contributed by atoms with Gasteiger partial charge in [0, 0.05) is 40.8 Å². The second-order valence-electron chi connectivity index (χ2n) is 9.06. The summed E-state index contributed by atoms with van der Waals surface area (Å²) < 4.78 is 20.6. The first-order chi connectivity index (χ1) is 17.9. The van der Waals surface area contributed by atoms with E-state index in [1.54, 1.807) is 30.9 Å². The molecule has 2 atom stereocenters. The average molecular weight is 540 g/mol. The molecule has 2 unspecified atom stereocenters. The van der Waals surface area contributed by atoms with E-state index in [0.717, 1.165) is 17.0 Å². The lowest BCUT2D eigenvalue weighted by Gasteiger charge is -2.30. The minimum atomic E-state index is -1.09. The topological polar surface area (TPSA) is 83.3 Å². The summed E-state index contributed by atoms with van der Waals surface area (Å²) in [6.45, 7) is 5.14. The third-order valence-electron chi connectivity index (χ3n) is 5.81. The van der Waals surface area contributed by atoms with E-state index in [0.29, 0.717) is 41.3 Å². The normalized spacial score (nSPS) is 19.3. The van der Waals surface area contributed by atoms with Gasteiger partial charge in [-0.05, 0) is 56.3 Å². The highest BCUT2D eigenvalue weighted by molar-refractivity contribution is 6.35. The predicted octanol–water partition coefficient (Wildman–Crippen LogP) is 5.81. The number of nitrogens with one attached hydrogen (secondary N) is 1. The van der Waals surface area contributed by atoms with Gasteiger partial charge in [0.05, 0.1) is 30.2 Å². The van der Waals surface area contributed by atoms with Gasteiger partial charge in [-0.3, -0.25) is 0 Å². The second kappa shape index (κ2) is 11.1. The molecular formula is C27H27Cl2N5O3. The van der Waals surface area contributed by atoms with Gasteiger partial charge >= 0.3 is 0 Å². The average Bonchev–Trinajstić information content (AvgIpc) is 3.53. The molecule has 1 saturated heterocycles. The van der Waals surface area contributed by atoms with Crippen molar-refractivity contribution in [3.05, 3.63) is 89.1 Å². The number of hydrogen-bond donors (Lipinski definition) is 1. The summed E-state index contributed by atoms with van der Waals surface area (Å²) in [6, 6.07) is 15.2. The minimum absolute atomic E-state index is 0.252. The van der Waals surface area contributed by atoms with Gasteiger partial charge in [-0.1, -0.05) is 29.3 Å². The molecule has 0 bridgehead atoms. The molecule has 37 heavy (non-hydrogen) atoms. The van der Waals surface area contributed by atoms with Crippen LogP contribution in [0.1, 0.15) is 19.4 Å². The van der Waals surface area contributed by atoms with E-state index in [2.05, 4.69) is 20.3 Å². The van der Waals surface area contributed by atoms with Crippen molar-refractivity contribution in [3.8, 4) is 17.0 Å². The van der Waals surface area contributed by atoms with Crippen LogP contribution >= 0.6 is 23.2 Å². The third-order valence-corrected chi connectivity index (χ3v) is 6.36. The quantitative estimate of drug-likeness (QED) is 0.287. The summed E-state index contributed by atoms with van der Waals surface area (Å²) in [5.41, 5.74) is 2.51. The van der Waals surface area contributed by atoms with Crippen LogP contribution in [0.5, 0.6) is 5.75 Å². The molecule has 1 aliphatic heterocycles. The Morgan fingerprint density at radius 2 is 1.97 bits per heavy atom. The summed E-state index contributed by atoms with van der Waals surface area (Å²) in [6.07, 6.45) is 6.71. The molecule has 0 spiro atoms. The fraction of sp³-hybridized carbons (Fsp3) is 0.296. The molecular weight excluding hydrogens is 513 g/mol. The number of imidazole rings is 1. The lowest BCUT2D eigenvalue weighted by atomic mass is 10.1. The standard InChI is InChI=1S/C27H27Cl2N5O3/c1-18(2)32-26-31-10-9-25(33-26)19-3-6-21(7-4-19)35-14-22-15-36-27(37-22,16-34-12-11-30-17-34)23-8-5-20(28)13-24(23)29/h3-13,17-18,22H,14-16H2,1-2H3,(H,31,32,33). The number of benzene rings is 2. The highest BCUT2D eigenvalue weighted by Crippen LogP contribution is 2.40. The largest absolute Gasteiger partial charge is 0.491 e. The highest BCUT2D eigenvalue weighted by atomic mass is 35.5. The van der Waals surface area contributed by atoms with Gasteiger partial charge in [-0.2, -0.15) is 0 Å². The van der Waals surface area contributed by atoms with Crippen molar-refractivity contribution in [2.75, 3.05) is 18.5 Å². The Morgan fingerprint density at radius 3 is 2.70 bits per heavy atom. The molecule has 1 fully saturated rings. The number of nitrogens with zero attached hydrogens (tertiary/aromatic N) is 4. The Labute approximate surface area is 225 Å². The fourth-order valence-electron chi connectivity index (χ4n) is 4.13. The van der Waals surface area contributed by atoms with Gasteiger partial charge in [-0.15, -0.1) is 0 Å². The van der Waals surface area contributed by atoms with Crippen LogP contribution in [0.15, 0.2) is 73.4 Å². The van der Waals surface area contributed by atoms with Crippen LogP contribution in [0.4, 0.5) is 5.95 Å². The molecule has 0 aliphatic carbocycles. The number of rotatable bonds is 9. The molecule has 1 aliphatic rings. The zero-order chi connectivity index (χ0) is 25.8. The molecule has 2 aromatic carbocycles. The summed E-state index contributed by atoms with van der Waals surface area (Å²) in [5, 5.41) is 4.24. The highest BCUT2D eigenvalue weighted by Gasteiger charge is 2.45. The maximum Gasteiger partial charge on any atom is 0.223 e. The van der Waals surface area contributed by atoms with Crippen molar-refractivity contribution in [2.45, 2.75) is 38.3 Å². The predicted molar refractivity (Wildman–Crippen MR) is 143 cm³/mol. The smallest absolute Gasteiger partial charge is 0.223 e.